The molecule has 1 spiro atoms. The van der Waals surface area contributed by atoms with Gasteiger partial charge in [0.1, 0.15) is 11.4 Å². The van der Waals surface area contributed by atoms with E-state index in [0.29, 0.717) is 18.7 Å². The fourth-order valence-electron chi connectivity index (χ4n) is 4.26. The van der Waals surface area contributed by atoms with Gasteiger partial charge < -0.3 is 15.0 Å². The summed E-state index contributed by atoms with van der Waals surface area (Å²) in [6, 6.07) is 12.0. The molecule has 2 aromatic rings. The summed E-state index contributed by atoms with van der Waals surface area (Å²) in [6.45, 7) is 7.35. The third-order valence-corrected chi connectivity index (χ3v) is 5.91. The van der Waals surface area contributed by atoms with Crippen LogP contribution in [0.1, 0.15) is 54.7 Å². The average Bonchev–Trinajstić information content (AvgIpc) is 2.99. The predicted molar refractivity (Wildman–Crippen MR) is 115 cm³/mol. The maximum absolute atomic E-state index is 12.6. The SMILES string of the molecule is CCN(CC)C(=O)c1ccc(C2=CC3(CCCNCC3)Oc3ccccc32)nc1. The lowest BCUT2D eigenvalue weighted by Crippen LogP contribution is -2.37. The fraction of sp³-hybridized carbons (Fsp3) is 0.417. The smallest absolute Gasteiger partial charge is 0.255 e. The van der Waals surface area contributed by atoms with Crippen molar-refractivity contribution in [3.05, 3.63) is 65.5 Å². The zero-order valence-corrected chi connectivity index (χ0v) is 17.3. The van der Waals surface area contributed by atoms with E-state index >= 15 is 0 Å². The van der Waals surface area contributed by atoms with Gasteiger partial charge >= 0.3 is 0 Å². The van der Waals surface area contributed by atoms with Gasteiger partial charge in [0.15, 0.2) is 0 Å². The molecule has 152 valence electrons. The van der Waals surface area contributed by atoms with Crippen LogP contribution in [0.15, 0.2) is 48.7 Å². The molecule has 29 heavy (non-hydrogen) atoms. The number of carbonyl (C=O) groups excluding carboxylic acids is 1. The lowest BCUT2D eigenvalue weighted by atomic mass is 9.85. The summed E-state index contributed by atoms with van der Waals surface area (Å²) >= 11 is 0. The summed E-state index contributed by atoms with van der Waals surface area (Å²) in [4.78, 5) is 19.1. The Bertz CT molecular complexity index is 893. The van der Waals surface area contributed by atoms with E-state index < -0.39 is 0 Å². The molecule has 0 aliphatic carbocycles. The van der Waals surface area contributed by atoms with Crippen LogP contribution in [-0.4, -0.2) is 47.6 Å². The highest BCUT2D eigenvalue weighted by atomic mass is 16.5. The van der Waals surface area contributed by atoms with Gasteiger partial charge in [0.05, 0.1) is 11.3 Å². The van der Waals surface area contributed by atoms with Crippen molar-refractivity contribution in [3.8, 4) is 5.75 Å². The van der Waals surface area contributed by atoms with Crippen LogP contribution in [0.4, 0.5) is 0 Å². The number of rotatable bonds is 4. The quantitative estimate of drug-likeness (QED) is 0.859. The van der Waals surface area contributed by atoms with Crippen molar-refractivity contribution in [3.63, 3.8) is 0 Å². The van der Waals surface area contributed by atoms with Gasteiger partial charge in [-0.2, -0.15) is 0 Å². The van der Waals surface area contributed by atoms with Gasteiger partial charge in [-0.05, 0) is 64.1 Å². The lowest BCUT2D eigenvalue weighted by Gasteiger charge is -2.36. The van der Waals surface area contributed by atoms with E-state index in [4.69, 9.17) is 4.74 Å². The van der Waals surface area contributed by atoms with Crippen molar-refractivity contribution in [2.75, 3.05) is 26.2 Å². The first-order valence-corrected chi connectivity index (χ1v) is 10.6. The van der Waals surface area contributed by atoms with Crippen LogP contribution in [0.3, 0.4) is 0 Å². The molecule has 1 amide bonds. The largest absolute Gasteiger partial charge is 0.482 e. The Morgan fingerprint density at radius 2 is 1.97 bits per heavy atom. The standard InChI is InChI=1S/C24H29N3O2/c1-3-27(4-2)23(28)18-10-11-21(26-17-18)20-16-24(12-7-14-25-15-13-24)29-22-9-6-5-8-19(20)22/h5-6,8-11,16-17,25H,3-4,7,12-15H2,1-2H3. The molecule has 0 saturated carbocycles. The minimum atomic E-state index is -0.301. The highest BCUT2D eigenvalue weighted by Crippen LogP contribution is 2.42. The number of pyridine rings is 1. The van der Waals surface area contributed by atoms with Crippen LogP contribution in [0, 0.1) is 0 Å². The predicted octanol–water partition coefficient (Wildman–Crippen LogP) is 3.90. The summed E-state index contributed by atoms with van der Waals surface area (Å²) in [5.41, 5.74) is 3.37. The first kappa shape index (κ1) is 19.6. The number of nitrogens with zero attached hydrogens (tertiary/aromatic N) is 2. The molecule has 1 saturated heterocycles. The van der Waals surface area contributed by atoms with Crippen LogP contribution in [0.2, 0.25) is 0 Å². The van der Waals surface area contributed by atoms with E-state index in [9.17, 15) is 4.79 Å². The Hall–Kier alpha value is -2.66. The number of benzene rings is 1. The van der Waals surface area contributed by atoms with Crippen LogP contribution in [-0.2, 0) is 0 Å². The van der Waals surface area contributed by atoms with Crippen molar-refractivity contribution in [1.29, 1.82) is 0 Å². The molecule has 1 N–H and O–H groups in total. The summed E-state index contributed by atoms with van der Waals surface area (Å²) in [6.07, 6.45) is 6.96. The third-order valence-electron chi connectivity index (χ3n) is 5.91. The third kappa shape index (κ3) is 3.92. The normalized spacial score (nSPS) is 21.0. The number of hydrogen-bond donors (Lipinski definition) is 1. The van der Waals surface area contributed by atoms with E-state index in [1.807, 2.05) is 49.1 Å². The summed E-state index contributed by atoms with van der Waals surface area (Å²) < 4.78 is 6.51. The molecule has 2 aliphatic rings. The van der Waals surface area contributed by atoms with Gasteiger partial charge in [-0.25, -0.2) is 0 Å². The monoisotopic (exact) mass is 391 g/mol. The van der Waals surface area contributed by atoms with Crippen molar-refractivity contribution in [2.45, 2.75) is 38.7 Å². The minimum Gasteiger partial charge on any atom is -0.482 e. The van der Waals surface area contributed by atoms with E-state index in [0.717, 1.165) is 54.9 Å². The molecule has 1 aromatic heterocycles. The molecule has 1 aromatic carbocycles. The van der Waals surface area contributed by atoms with E-state index in [-0.39, 0.29) is 11.5 Å². The minimum absolute atomic E-state index is 0.0294. The molecule has 5 nitrogen and oxygen atoms in total. The second-order valence-electron chi connectivity index (χ2n) is 7.73. The van der Waals surface area contributed by atoms with Crippen molar-refractivity contribution >= 4 is 11.5 Å². The van der Waals surface area contributed by atoms with Gasteiger partial charge in [-0.15, -0.1) is 0 Å². The molecule has 1 unspecified atom stereocenters. The first-order valence-electron chi connectivity index (χ1n) is 10.6. The highest BCUT2D eigenvalue weighted by Gasteiger charge is 2.36. The van der Waals surface area contributed by atoms with E-state index in [2.05, 4.69) is 22.4 Å². The molecular weight excluding hydrogens is 362 g/mol. The van der Waals surface area contributed by atoms with Crippen molar-refractivity contribution in [2.24, 2.45) is 0 Å². The topological polar surface area (TPSA) is 54.5 Å². The Morgan fingerprint density at radius 1 is 1.14 bits per heavy atom. The molecule has 5 heteroatoms. The zero-order chi connectivity index (χ0) is 20.3. The van der Waals surface area contributed by atoms with Crippen LogP contribution < -0.4 is 10.1 Å². The van der Waals surface area contributed by atoms with E-state index in [1.165, 1.54) is 0 Å². The second-order valence-corrected chi connectivity index (χ2v) is 7.73. The number of ether oxygens (including phenoxy) is 1. The lowest BCUT2D eigenvalue weighted by molar-refractivity contribution is 0.0772. The number of fused-ring (bicyclic) bond motifs is 1. The van der Waals surface area contributed by atoms with E-state index in [1.54, 1.807) is 6.20 Å². The number of aromatic nitrogens is 1. The highest BCUT2D eigenvalue weighted by molar-refractivity contribution is 5.94. The molecule has 4 rings (SSSR count). The second kappa shape index (κ2) is 8.37. The number of hydrogen-bond acceptors (Lipinski definition) is 4. The van der Waals surface area contributed by atoms with Gasteiger partial charge in [0.2, 0.25) is 0 Å². The number of carbonyl (C=O) groups is 1. The maximum atomic E-state index is 12.6. The van der Waals surface area contributed by atoms with Crippen LogP contribution in [0.5, 0.6) is 5.75 Å². The molecule has 1 atom stereocenters. The molecular formula is C24H29N3O2. The molecule has 2 aliphatic heterocycles. The van der Waals surface area contributed by atoms with Crippen molar-refractivity contribution < 1.29 is 9.53 Å². The zero-order valence-electron chi connectivity index (χ0n) is 17.3. The number of nitrogens with one attached hydrogen (secondary N) is 1. The molecule has 0 bridgehead atoms. The van der Waals surface area contributed by atoms with Gasteiger partial charge in [0, 0.05) is 36.8 Å². The molecule has 0 radical (unpaired) electrons. The van der Waals surface area contributed by atoms with Gasteiger partial charge in [0.25, 0.3) is 5.91 Å². The van der Waals surface area contributed by atoms with Crippen LogP contribution >= 0.6 is 0 Å². The number of amides is 1. The maximum Gasteiger partial charge on any atom is 0.255 e. The Kier molecular flexibility index (Phi) is 5.67. The van der Waals surface area contributed by atoms with Gasteiger partial charge in [-0.3, -0.25) is 9.78 Å². The Balaban J connectivity index is 1.71. The van der Waals surface area contributed by atoms with Crippen molar-refractivity contribution in [1.82, 2.24) is 15.2 Å². The fourth-order valence-corrected chi connectivity index (χ4v) is 4.26. The van der Waals surface area contributed by atoms with Gasteiger partial charge in [-0.1, -0.05) is 18.2 Å². The summed E-state index contributed by atoms with van der Waals surface area (Å²) in [5, 5.41) is 3.47. The average molecular weight is 392 g/mol. The molecule has 3 heterocycles. The summed E-state index contributed by atoms with van der Waals surface area (Å²) in [7, 11) is 0. The first-order chi connectivity index (χ1) is 14.2. The summed E-state index contributed by atoms with van der Waals surface area (Å²) in [5.74, 6) is 0.943. The number of para-hydroxylation sites is 1. The Morgan fingerprint density at radius 3 is 2.72 bits per heavy atom. The Labute approximate surface area is 172 Å². The molecule has 1 fully saturated rings. The van der Waals surface area contributed by atoms with Crippen LogP contribution in [0.25, 0.3) is 5.57 Å².